The summed E-state index contributed by atoms with van der Waals surface area (Å²) in [6.07, 6.45) is 1.86. The first-order valence-electron chi connectivity index (χ1n) is 5.69. The van der Waals surface area contributed by atoms with Crippen molar-refractivity contribution in [3.8, 4) is 16.2 Å². The molecule has 1 aromatic heterocycles. The van der Waals surface area contributed by atoms with Gasteiger partial charge >= 0.3 is 0 Å². The van der Waals surface area contributed by atoms with E-state index >= 15 is 0 Å². The molecule has 0 saturated carbocycles. The summed E-state index contributed by atoms with van der Waals surface area (Å²) < 4.78 is 5.18. The molecular formula is C15H18OS. The number of thiophene rings is 1. The molecule has 0 saturated heterocycles. The molecule has 0 fully saturated rings. The van der Waals surface area contributed by atoms with Crippen molar-refractivity contribution in [2.24, 2.45) is 0 Å². The van der Waals surface area contributed by atoms with Crippen LogP contribution in [0.25, 0.3) is 16.5 Å². The lowest BCUT2D eigenvalue weighted by Crippen LogP contribution is -1.85. The summed E-state index contributed by atoms with van der Waals surface area (Å²) in [6.45, 7) is 7.83. The topological polar surface area (TPSA) is 9.23 Å². The molecule has 0 aliphatic heterocycles. The maximum Gasteiger partial charge on any atom is 0.119 e. The van der Waals surface area contributed by atoms with Gasteiger partial charge in [0.05, 0.1) is 7.11 Å². The van der Waals surface area contributed by atoms with Gasteiger partial charge in [-0.2, -0.15) is 0 Å². The number of rotatable bonds is 3. The van der Waals surface area contributed by atoms with Crippen LogP contribution in [0, 0.1) is 0 Å². The molecule has 0 atom stereocenters. The van der Waals surface area contributed by atoms with Crippen molar-refractivity contribution in [1.82, 2.24) is 0 Å². The molecule has 17 heavy (non-hydrogen) atoms. The largest absolute Gasteiger partial charge is 0.497 e. The highest BCUT2D eigenvalue weighted by Gasteiger charge is 2.04. The lowest BCUT2D eigenvalue weighted by Gasteiger charge is -2.06. The van der Waals surface area contributed by atoms with Crippen molar-refractivity contribution in [1.29, 1.82) is 0 Å². The second-order valence-corrected chi connectivity index (χ2v) is 4.08. The van der Waals surface area contributed by atoms with Crippen LogP contribution in [0.15, 0.2) is 42.3 Å². The Balaban J connectivity index is 0.000000686. The Bertz CT molecular complexity index is 458. The van der Waals surface area contributed by atoms with Gasteiger partial charge < -0.3 is 4.74 Å². The molecule has 0 aliphatic carbocycles. The van der Waals surface area contributed by atoms with Crippen LogP contribution in [-0.2, 0) is 0 Å². The smallest absolute Gasteiger partial charge is 0.119 e. The quantitative estimate of drug-likeness (QED) is 0.732. The molecular weight excluding hydrogens is 228 g/mol. The molecule has 1 aromatic carbocycles. The highest BCUT2D eigenvalue weighted by atomic mass is 32.1. The van der Waals surface area contributed by atoms with Crippen molar-refractivity contribution in [3.05, 3.63) is 47.9 Å². The third kappa shape index (κ3) is 3.21. The first-order valence-corrected chi connectivity index (χ1v) is 6.57. The molecule has 2 heteroatoms. The van der Waals surface area contributed by atoms with Crippen LogP contribution >= 0.6 is 11.3 Å². The minimum atomic E-state index is 0.866. The highest BCUT2D eigenvalue weighted by molar-refractivity contribution is 7.13. The fourth-order valence-corrected chi connectivity index (χ4v) is 2.27. The second kappa shape index (κ2) is 6.92. The molecule has 0 N–H and O–H groups in total. The van der Waals surface area contributed by atoms with Crippen molar-refractivity contribution < 1.29 is 4.74 Å². The van der Waals surface area contributed by atoms with Crippen molar-refractivity contribution in [2.75, 3.05) is 7.11 Å². The van der Waals surface area contributed by atoms with Gasteiger partial charge in [-0.05, 0) is 40.8 Å². The average Bonchev–Trinajstić information content (AvgIpc) is 2.94. The molecule has 1 nitrogen and oxygen atoms in total. The van der Waals surface area contributed by atoms with Gasteiger partial charge in [0.1, 0.15) is 5.75 Å². The lowest BCUT2D eigenvalue weighted by molar-refractivity contribution is 0.415. The van der Waals surface area contributed by atoms with Crippen LogP contribution in [0.1, 0.15) is 19.4 Å². The van der Waals surface area contributed by atoms with E-state index in [2.05, 4.69) is 30.2 Å². The molecule has 0 spiro atoms. The summed E-state index contributed by atoms with van der Waals surface area (Å²) in [5, 5.41) is 2.08. The summed E-state index contributed by atoms with van der Waals surface area (Å²) >= 11 is 1.73. The molecule has 1 heterocycles. The zero-order chi connectivity index (χ0) is 12.7. The van der Waals surface area contributed by atoms with Crippen molar-refractivity contribution in [3.63, 3.8) is 0 Å². The first kappa shape index (κ1) is 13.5. The number of methoxy groups -OCH3 is 1. The van der Waals surface area contributed by atoms with E-state index in [0.29, 0.717) is 0 Å². The maximum atomic E-state index is 5.18. The van der Waals surface area contributed by atoms with Crippen LogP contribution < -0.4 is 4.74 Å². The molecule has 2 aromatic rings. The van der Waals surface area contributed by atoms with Gasteiger partial charge in [0.25, 0.3) is 0 Å². The third-order valence-corrected chi connectivity index (χ3v) is 3.17. The second-order valence-electron chi connectivity index (χ2n) is 3.13. The van der Waals surface area contributed by atoms with Crippen LogP contribution in [0.4, 0.5) is 0 Å². The molecule has 0 amide bonds. The summed E-state index contributed by atoms with van der Waals surface area (Å²) in [5.41, 5.74) is 2.32. The van der Waals surface area contributed by atoms with E-state index in [1.807, 2.05) is 32.1 Å². The standard InChI is InChI=1S/C13H12OS.C2H6/c1-3-10-9-11(14-2)6-7-12(10)13-5-4-8-15-13;1-2/h3-9H,1H2,2H3;1-2H3. The van der Waals surface area contributed by atoms with E-state index < -0.39 is 0 Å². The Morgan fingerprint density at radius 3 is 2.53 bits per heavy atom. The summed E-state index contributed by atoms with van der Waals surface area (Å²) in [5.74, 6) is 0.866. The predicted octanol–water partition coefficient (Wildman–Crippen LogP) is 5.09. The summed E-state index contributed by atoms with van der Waals surface area (Å²) in [6, 6.07) is 10.2. The van der Waals surface area contributed by atoms with Gasteiger partial charge in [0.15, 0.2) is 0 Å². The first-order chi connectivity index (χ1) is 8.35. The van der Waals surface area contributed by atoms with Gasteiger partial charge in [0, 0.05) is 4.88 Å². The van der Waals surface area contributed by atoms with Gasteiger partial charge in [-0.1, -0.05) is 32.6 Å². The lowest BCUT2D eigenvalue weighted by atomic mass is 10.1. The Morgan fingerprint density at radius 2 is 2.00 bits per heavy atom. The Kier molecular flexibility index (Phi) is 5.50. The zero-order valence-electron chi connectivity index (χ0n) is 10.6. The zero-order valence-corrected chi connectivity index (χ0v) is 11.4. The number of hydrogen-bond donors (Lipinski definition) is 0. The van der Waals surface area contributed by atoms with E-state index in [-0.39, 0.29) is 0 Å². The summed E-state index contributed by atoms with van der Waals surface area (Å²) in [4.78, 5) is 1.26. The molecule has 2 rings (SSSR count). The van der Waals surface area contributed by atoms with Crippen molar-refractivity contribution >= 4 is 17.4 Å². The highest BCUT2D eigenvalue weighted by Crippen LogP contribution is 2.31. The molecule has 0 aliphatic rings. The number of benzene rings is 1. The van der Waals surface area contributed by atoms with E-state index in [9.17, 15) is 0 Å². The van der Waals surface area contributed by atoms with E-state index in [1.54, 1.807) is 18.4 Å². The van der Waals surface area contributed by atoms with Crippen LogP contribution in [0.5, 0.6) is 5.75 Å². The number of ether oxygens (including phenoxy) is 1. The minimum absolute atomic E-state index is 0.866. The van der Waals surface area contributed by atoms with Crippen molar-refractivity contribution in [2.45, 2.75) is 13.8 Å². The molecule has 0 unspecified atom stereocenters. The fraction of sp³-hybridized carbons (Fsp3) is 0.200. The molecule has 0 radical (unpaired) electrons. The van der Waals surface area contributed by atoms with Crippen LogP contribution in [0.2, 0.25) is 0 Å². The normalized spacial score (nSPS) is 9.12. The van der Waals surface area contributed by atoms with Gasteiger partial charge in [-0.25, -0.2) is 0 Å². The Labute approximate surface area is 107 Å². The van der Waals surface area contributed by atoms with Crippen LogP contribution in [0.3, 0.4) is 0 Å². The van der Waals surface area contributed by atoms with Gasteiger partial charge in [-0.3, -0.25) is 0 Å². The van der Waals surface area contributed by atoms with Crippen LogP contribution in [-0.4, -0.2) is 7.11 Å². The fourth-order valence-electron chi connectivity index (χ4n) is 1.49. The summed E-state index contributed by atoms with van der Waals surface area (Å²) in [7, 11) is 1.67. The van der Waals surface area contributed by atoms with Gasteiger partial charge in [-0.15, -0.1) is 11.3 Å². The van der Waals surface area contributed by atoms with Gasteiger partial charge in [0.2, 0.25) is 0 Å². The minimum Gasteiger partial charge on any atom is -0.497 e. The van der Waals surface area contributed by atoms with E-state index in [1.165, 1.54) is 10.4 Å². The number of hydrogen-bond acceptors (Lipinski definition) is 2. The SMILES string of the molecule is C=Cc1cc(OC)ccc1-c1cccs1.CC. The third-order valence-electron chi connectivity index (χ3n) is 2.27. The Morgan fingerprint density at radius 1 is 1.24 bits per heavy atom. The predicted molar refractivity (Wildman–Crippen MR) is 77.7 cm³/mol. The average molecular weight is 246 g/mol. The molecule has 90 valence electrons. The Hall–Kier alpha value is -1.54. The van der Waals surface area contributed by atoms with E-state index in [4.69, 9.17) is 4.74 Å². The maximum absolute atomic E-state index is 5.18. The monoisotopic (exact) mass is 246 g/mol. The molecule has 0 bridgehead atoms. The van der Waals surface area contributed by atoms with E-state index in [0.717, 1.165) is 11.3 Å².